The maximum absolute atomic E-state index is 12.8. The van der Waals surface area contributed by atoms with Gasteiger partial charge in [-0.25, -0.2) is 0 Å². The fourth-order valence-electron chi connectivity index (χ4n) is 3.62. The lowest BCUT2D eigenvalue weighted by Crippen LogP contribution is -2.46. The fraction of sp³-hybridized carbons (Fsp3) is 0.182. The molecule has 162 valence electrons. The van der Waals surface area contributed by atoms with Crippen molar-refractivity contribution in [1.29, 1.82) is 5.26 Å². The normalized spacial score (nSPS) is 13.5. The van der Waals surface area contributed by atoms with Crippen LogP contribution in [0.2, 0.25) is 0 Å². The average Bonchev–Trinajstić information content (AvgIpc) is 3.16. The lowest BCUT2D eigenvalue weighted by molar-refractivity contribution is -0.384. The van der Waals surface area contributed by atoms with Gasteiger partial charge in [-0.15, -0.1) is 11.3 Å². The van der Waals surface area contributed by atoms with Gasteiger partial charge in [-0.3, -0.25) is 14.9 Å². The highest BCUT2D eigenvalue weighted by molar-refractivity contribution is 7.19. The molecule has 0 saturated carbocycles. The molecule has 0 unspecified atom stereocenters. The van der Waals surface area contributed by atoms with Crippen LogP contribution < -0.4 is 20.9 Å². The predicted molar refractivity (Wildman–Crippen MR) is 125 cm³/mol. The first-order chi connectivity index (χ1) is 15.5. The van der Waals surface area contributed by atoms with E-state index < -0.39 is 10.8 Å². The molecule has 2 aromatic carbocycles. The van der Waals surface area contributed by atoms with Crippen LogP contribution in [0.15, 0.2) is 54.6 Å². The summed E-state index contributed by atoms with van der Waals surface area (Å²) in [5.74, 6) is -0.501. The number of amides is 1. The minimum Gasteiger partial charge on any atom is -0.396 e. The molecular weight excluding hydrogens is 428 g/mol. The van der Waals surface area contributed by atoms with Crippen LogP contribution in [0.4, 0.5) is 27.8 Å². The number of nitrogen functional groups attached to an aromatic ring is 1. The number of piperazine rings is 1. The first-order valence-corrected chi connectivity index (χ1v) is 10.7. The van der Waals surface area contributed by atoms with Gasteiger partial charge in [0, 0.05) is 49.7 Å². The lowest BCUT2D eigenvalue weighted by Gasteiger charge is -2.36. The fourth-order valence-corrected chi connectivity index (χ4v) is 4.74. The van der Waals surface area contributed by atoms with Crippen molar-refractivity contribution >= 4 is 45.0 Å². The van der Waals surface area contributed by atoms with Crippen molar-refractivity contribution in [3.05, 3.63) is 75.2 Å². The van der Waals surface area contributed by atoms with E-state index in [1.807, 2.05) is 18.2 Å². The van der Waals surface area contributed by atoms with Crippen LogP contribution in [0.25, 0.3) is 0 Å². The number of nitrogens with two attached hydrogens (primary N) is 1. The summed E-state index contributed by atoms with van der Waals surface area (Å²) in [5.41, 5.74) is 7.87. The first kappa shape index (κ1) is 21.1. The Kier molecular flexibility index (Phi) is 5.91. The molecular formula is C22H20N6O3S. The zero-order valence-electron chi connectivity index (χ0n) is 17.0. The predicted octanol–water partition coefficient (Wildman–Crippen LogP) is 3.69. The molecule has 32 heavy (non-hydrogen) atoms. The molecule has 1 fully saturated rings. The van der Waals surface area contributed by atoms with Gasteiger partial charge in [-0.2, -0.15) is 5.26 Å². The number of carbonyl (C=O) groups is 1. The molecule has 1 amide bonds. The summed E-state index contributed by atoms with van der Waals surface area (Å²) in [6.45, 7) is 2.94. The van der Waals surface area contributed by atoms with Gasteiger partial charge in [-0.1, -0.05) is 24.3 Å². The highest BCUT2D eigenvalue weighted by atomic mass is 32.1. The van der Waals surface area contributed by atoms with E-state index in [-0.39, 0.29) is 27.5 Å². The topological polar surface area (TPSA) is 129 Å². The third-order valence-corrected chi connectivity index (χ3v) is 6.51. The van der Waals surface area contributed by atoms with Crippen LogP contribution in [0.5, 0.6) is 0 Å². The number of carbonyl (C=O) groups excluding carboxylic acids is 1. The maximum atomic E-state index is 12.8. The molecule has 1 aliphatic heterocycles. The van der Waals surface area contributed by atoms with E-state index in [0.717, 1.165) is 18.8 Å². The van der Waals surface area contributed by atoms with Crippen LogP contribution in [-0.2, 0) is 0 Å². The van der Waals surface area contributed by atoms with E-state index in [4.69, 9.17) is 5.73 Å². The molecule has 0 aliphatic carbocycles. The summed E-state index contributed by atoms with van der Waals surface area (Å²) in [6, 6.07) is 17.9. The molecule has 10 heteroatoms. The van der Waals surface area contributed by atoms with Gasteiger partial charge in [0.15, 0.2) is 0 Å². The first-order valence-electron chi connectivity index (χ1n) is 9.91. The number of nitro groups is 1. The molecule has 1 saturated heterocycles. The van der Waals surface area contributed by atoms with Gasteiger partial charge in [0.05, 0.1) is 10.6 Å². The van der Waals surface area contributed by atoms with Crippen molar-refractivity contribution in [1.82, 2.24) is 0 Å². The molecule has 9 nitrogen and oxygen atoms in total. The van der Waals surface area contributed by atoms with Crippen LogP contribution in [-0.4, -0.2) is 37.0 Å². The second kappa shape index (κ2) is 8.95. The van der Waals surface area contributed by atoms with Crippen LogP contribution in [0, 0.1) is 21.4 Å². The third kappa shape index (κ3) is 4.19. The quantitative estimate of drug-likeness (QED) is 0.450. The molecule has 1 aromatic heterocycles. The standard InChI is InChI=1S/C22H20N6O3S/c23-14-18-19(24)20(21(29)25-15-5-4-8-17(13-15)28(30)31)32-22(18)27-11-9-26(10-12-27)16-6-2-1-3-7-16/h1-8,13H,9-12,24H2,(H,25,29). The summed E-state index contributed by atoms with van der Waals surface area (Å²) in [4.78, 5) is 27.8. The summed E-state index contributed by atoms with van der Waals surface area (Å²) >= 11 is 1.17. The Morgan fingerprint density at radius 3 is 2.44 bits per heavy atom. The zero-order chi connectivity index (χ0) is 22.7. The van der Waals surface area contributed by atoms with Crippen molar-refractivity contribution in [3.63, 3.8) is 0 Å². The number of rotatable bonds is 5. The minimum atomic E-state index is -0.532. The number of thiophene rings is 1. The molecule has 3 aromatic rings. The maximum Gasteiger partial charge on any atom is 0.271 e. The van der Waals surface area contributed by atoms with Gasteiger partial charge >= 0.3 is 0 Å². The second-order valence-electron chi connectivity index (χ2n) is 7.21. The second-order valence-corrected chi connectivity index (χ2v) is 8.21. The van der Waals surface area contributed by atoms with Crippen molar-refractivity contribution in [2.45, 2.75) is 0 Å². The molecule has 0 spiro atoms. The largest absolute Gasteiger partial charge is 0.396 e. The van der Waals surface area contributed by atoms with Crippen molar-refractivity contribution in [2.24, 2.45) is 0 Å². The van der Waals surface area contributed by atoms with Gasteiger partial charge in [0.25, 0.3) is 11.6 Å². The van der Waals surface area contributed by atoms with Crippen molar-refractivity contribution in [3.8, 4) is 6.07 Å². The summed E-state index contributed by atoms with van der Waals surface area (Å²) in [5, 5.41) is 24.0. The molecule has 2 heterocycles. The van der Waals surface area contributed by atoms with Gasteiger partial charge in [-0.05, 0) is 18.2 Å². The van der Waals surface area contributed by atoms with Crippen LogP contribution in [0.1, 0.15) is 15.2 Å². The lowest BCUT2D eigenvalue weighted by atomic mass is 10.2. The van der Waals surface area contributed by atoms with Crippen LogP contribution >= 0.6 is 11.3 Å². The Bertz CT molecular complexity index is 1200. The number of hydrogen-bond acceptors (Lipinski definition) is 8. The smallest absolute Gasteiger partial charge is 0.271 e. The Morgan fingerprint density at radius 2 is 1.78 bits per heavy atom. The van der Waals surface area contributed by atoms with Crippen molar-refractivity contribution in [2.75, 3.05) is 47.0 Å². The zero-order valence-corrected chi connectivity index (χ0v) is 17.8. The number of anilines is 4. The molecule has 0 radical (unpaired) electrons. The molecule has 1 aliphatic rings. The Hall–Kier alpha value is -4.10. The highest BCUT2D eigenvalue weighted by Gasteiger charge is 2.27. The van der Waals surface area contributed by atoms with E-state index in [9.17, 15) is 20.2 Å². The Labute approximate surface area is 188 Å². The SMILES string of the molecule is N#Cc1c(N2CCN(c3ccccc3)CC2)sc(C(=O)Nc2cccc([N+](=O)[O-])c2)c1N. The summed E-state index contributed by atoms with van der Waals surface area (Å²) in [6.07, 6.45) is 0. The number of hydrogen-bond donors (Lipinski definition) is 2. The molecule has 0 atom stereocenters. The summed E-state index contributed by atoms with van der Waals surface area (Å²) < 4.78 is 0. The van der Waals surface area contributed by atoms with Crippen LogP contribution in [0.3, 0.4) is 0 Å². The number of benzene rings is 2. The van der Waals surface area contributed by atoms with Gasteiger partial charge in [0.2, 0.25) is 0 Å². The Balaban J connectivity index is 1.52. The van der Waals surface area contributed by atoms with E-state index >= 15 is 0 Å². The number of non-ortho nitro benzene ring substituents is 1. The molecule has 4 rings (SSSR count). The number of nitrogens with one attached hydrogen (secondary N) is 1. The third-order valence-electron chi connectivity index (χ3n) is 5.25. The van der Waals surface area contributed by atoms with E-state index in [1.165, 1.54) is 29.5 Å². The van der Waals surface area contributed by atoms with E-state index in [2.05, 4.69) is 33.3 Å². The van der Waals surface area contributed by atoms with Gasteiger partial charge in [0.1, 0.15) is 21.5 Å². The van der Waals surface area contributed by atoms with Crippen molar-refractivity contribution < 1.29 is 9.72 Å². The van der Waals surface area contributed by atoms with E-state index in [1.54, 1.807) is 6.07 Å². The Morgan fingerprint density at radius 1 is 1.09 bits per heavy atom. The minimum absolute atomic E-state index is 0.126. The summed E-state index contributed by atoms with van der Waals surface area (Å²) in [7, 11) is 0. The molecule has 3 N–H and O–H groups in total. The number of nitrogens with zero attached hydrogens (tertiary/aromatic N) is 4. The van der Waals surface area contributed by atoms with E-state index in [0.29, 0.717) is 18.1 Å². The monoisotopic (exact) mass is 448 g/mol. The average molecular weight is 449 g/mol. The van der Waals surface area contributed by atoms with Gasteiger partial charge < -0.3 is 20.9 Å². The number of nitro benzene ring substituents is 1. The molecule has 0 bridgehead atoms. The highest BCUT2D eigenvalue weighted by Crippen LogP contribution is 2.39. The number of para-hydroxylation sites is 1. The number of nitriles is 1.